The number of aromatic nitrogens is 2. The van der Waals surface area contributed by atoms with Crippen LogP contribution in [0.2, 0.25) is 0 Å². The highest BCUT2D eigenvalue weighted by atomic mass is 16.6. The number of H-pyrrole nitrogens is 1. The van der Waals surface area contributed by atoms with Crippen LogP contribution in [0.5, 0.6) is 0 Å². The Bertz CT molecular complexity index is 643. The van der Waals surface area contributed by atoms with Gasteiger partial charge in [-0.3, -0.25) is 15.2 Å². The average Bonchev–Trinajstić information content (AvgIpc) is 2.80. The van der Waals surface area contributed by atoms with Crippen molar-refractivity contribution < 1.29 is 4.92 Å². The third-order valence-corrected chi connectivity index (χ3v) is 3.59. The summed E-state index contributed by atoms with van der Waals surface area (Å²) in [4.78, 5) is 12.6. The molecule has 0 bridgehead atoms. The van der Waals surface area contributed by atoms with Crippen molar-refractivity contribution in [3.63, 3.8) is 0 Å². The Morgan fingerprint density at radius 1 is 1.35 bits per heavy atom. The van der Waals surface area contributed by atoms with Crippen LogP contribution in [-0.2, 0) is 0 Å². The van der Waals surface area contributed by atoms with Crippen LogP contribution in [0.3, 0.4) is 0 Å². The van der Waals surface area contributed by atoms with Gasteiger partial charge >= 0.3 is 0 Å². The predicted octanol–water partition coefficient (Wildman–Crippen LogP) is 1.66. The molecule has 20 heavy (non-hydrogen) atoms. The summed E-state index contributed by atoms with van der Waals surface area (Å²) in [5.74, 6) is 0.870. The molecule has 2 aromatic rings. The largest absolute Gasteiger partial charge is 0.352 e. The van der Waals surface area contributed by atoms with Crippen molar-refractivity contribution in [1.29, 1.82) is 0 Å². The second-order valence-corrected chi connectivity index (χ2v) is 5.41. The van der Waals surface area contributed by atoms with Crippen LogP contribution in [0.25, 0.3) is 10.9 Å². The molecule has 1 fully saturated rings. The molecule has 1 aliphatic heterocycles. The molecule has 1 aromatic carbocycles. The van der Waals surface area contributed by atoms with Gasteiger partial charge in [0.15, 0.2) is 5.82 Å². The molecule has 1 aromatic heterocycles. The van der Waals surface area contributed by atoms with E-state index in [1.54, 1.807) is 6.07 Å². The zero-order valence-corrected chi connectivity index (χ0v) is 11.5. The minimum absolute atomic E-state index is 0.0785. The third kappa shape index (κ3) is 2.20. The van der Waals surface area contributed by atoms with Gasteiger partial charge in [0, 0.05) is 42.7 Å². The molecular weight excluding hydrogens is 258 g/mol. The molecule has 2 N–H and O–H groups in total. The first-order valence-electron chi connectivity index (χ1n) is 6.68. The number of nitrogens with one attached hydrogen (secondary N) is 2. The maximum Gasteiger partial charge on any atom is 0.271 e. The monoisotopic (exact) mass is 275 g/mol. The van der Waals surface area contributed by atoms with E-state index in [1.165, 1.54) is 12.1 Å². The van der Waals surface area contributed by atoms with Gasteiger partial charge < -0.3 is 10.2 Å². The number of hydrogen-bond acceptors (Lipinski definition) is 5. The molecule has 106 valence electrons. The molecule has 1 aliphatic rings. The molecule has 1 saturated heterocycles. The standard InChI is InChI=1S/C13H17N5O2/c1-8-6-17(7-9(2)14-8)13-11-4-3-10(18(19)20)5-12(11)15-16-13/h3-5,8-9,14H,6-7H2,1-2H3,(H,15,16)/t8-,9+. The Kier molecular flexibility index (Phi) is 3.06. The molecule has 0 aliphatic carbocycles. The van der Waals surface area contributed by atoms with Gasteiger partial charge in [-0.05, 0) is 19.9 Å². The lowest BCUT2D eigenvalue weighted by atomic mass is 10.1. The van der Waals surface area contributed by atoms with E-state index in [-0.39, 0.29) is 5.69 Å². The van der Waals surface area contributed by atoms with Gasteiger partial charge in [0.05, 0.1) is 10.4 Å². The molecular formula is C13H17N5O2. The van der Waals surface area contributed by atoms with E-state index in [2.05, 4.69) is 34.3 Å². The van der Waals surface area contributed by atoms with Crippen molar-refractivity contribution in [1.82, 2.24) is 15.5 Å². The van der Waals surface area contributed by atoms with Crippen LogP contribution in [0, 0.1) is 10.1 Å². The predicted molar refractivity (Wildman–Crippen MR) is 77.0 cm³/mol. The van der Waals surface area contributed by atoms with Crippen LogP contribution in [0.1, 0.15) is 13.8 Å². The summed E-state index contributed by atoms with van der Waals surface area (Å²) in [6.07, 6.45) is 0. The van der Waals surface area contributed by atoms with Crippen LogP contribution in [-0.4, -0.2) is 40.3 Å². The fraction of sp³-hybridized carbons (Fsp3) is 0.462. The fourth-order valence-corrected chi connectivity index (χ4v) is 2.85. The van der Waals surface area contributed by atoms with Gasteiger partial charge in [0.2, 0.25) is 0 Å². The number of non-ortho nitro benzene ring substituents is 1. The van der Waals surface area contributed by atoms with Crippen molar-refractivity contribution in [2.45, 2.75) is 25.9 Å². The Labute approximate surface area is 116 Å². The van der Waals surface area contributed by atoms with Crippen molar-refractivity contribution in [2.24, 2.45) is 0 Å². The lowest BCUT2D eigenvalue weighted by Crippen LogP contribution is -2.54. The maximum absolute atomic E-state index is 10.8. The minimum Gasteiger partial charge on any atom is -0.352 e. The third-order valence-electron chi connectivity index (χ3n) is 3.59. The molecule has 0 saturated carbocycles. The van der Waals surface area contributed by atoms with Crippen LogP contribution in [0.15, 0.2) is 18.2 Å². The Morgan fingerprint density at radius 2 is 2.05 bits per heavy atom. The highest BCUT2D eigenvalue weighted by Crippen LogP contribution is 2.28. The number of fused-ring (bicyclic) bond motifs is 1. The number of nitrogens with zero attached hydrogens (tertiary/aromatic N) is 3. The summed E-state index contributed by atoms with van der Waals surface area (Å²) in [7, 11) is 0. The number of rotatable bonds is 2. The maximum atomic E-state index is 10.8. The number of nitro benzene ring substituents is 1. The number of aromatic amines is 1. The molecule has 2 heterocycles. The molecule has 7 heteroatoms. The van der Waals surface area contributed by atoms with Gasteiger partial charge in [0.1, 0.15) is 0 Å². The van der Waals surface area contributed by atoms with Crippen molar-refractivity contribution in [3.05, 3.63) is 28.3 Å². The Balaban J connectivity index is 1.98. The number of hydrogen-bond donors (Lipinski definition) is 2. The topological polar surface area (TPSA) is 87.1 Å². The quantitative estimate of drug-likeness (QED) is 0.643. The summed E-state index contributed by atoms with van der Waals surface area (Å²) in [6.45, 7) is 6.03. The summed E-state index contributed by atoms with van der Waals surface area (Å²) in [5, 5.41) is 22.4. The summed E-state index contributed by atoms with van der Waals surface area (Å²) < 4.78 is 0. The molecule has 7 nitrogen and oxygen atoms in total. The molecule has 0 amide bonds. The second kappa shape index (κ2) is 4.75. The van der Waals surface area contributed by atoms with Crippen LogP contribution in [0.4, 0.5) is 11.5 Å². The molecule has 0 radical (unpaired) electrons. The van der Waals surface area contributed by atoms with Gasteiger partial charge in [-0.15, -0.1) is 0 Å². The smallest absolute Gasteiger partial charge is 0.271 e. The molecule has 2 atom stereocenters. The lowest BCUT2D eigenvalue weighted by Gasteiger charge is -2.36. The first kappa shape index (κ1) is 12.9. The van der Waals surface area contributed by atoms with Crippen molar-refractivity contribution in [2.75, 3.05) is 18.0 Å². The van der Waals surface area contributed by atoms with E-state index in [0.29, 0.717) is 17.6 Å². The van der Waals surface area contributed by atoms with Gasteiger partial charge in [-0.1, -0.05) is 0 Å². The normalized spacial score (nSPS) is 23.2. The van der Waals surface area contributed by atoms with Crippen molar-refractivity contribution >= 4 is 22.4 Å². The first-order valence-corrected chi connectivity index (χ1v) is 6.68. The lowest BCUT2D eigenvalue weighted by molar-refractivity contribution is -0.384. The first-order chi connectivity index (χ1) is 9.54. The number of benzene rings is 1. The fourth-order valence-electron chi connectivity index (χ4n) is 2.85. The Hall–Kier alpha value is -2.15. The molecule has 0 unspecified atom stereocenters. The van der Waals surface area contributed by atoms with E-state index in [4.69, 9.17) is 0 Å². The van der Waals surface area contributed by atoms with Crippen molar-refractivity contribution in [3.8, 4) is 0 Å². The number of piperazine rings is 1. The van der Waals surface area contributed by atoms with Crippen LogP contribution >= 0.6 is 0 Å². The van der Waals surface area contributed by atoms with Crippen LogP contribution < -0.4 is 10.2 Å². The minimum atomic E-state index is -0.394. The SMILES string of the molecule is C[C@@H]1CN(c2n[nH]c3cc([N+](=O)[O-])ccc23)C[C@H](C)N1. The van der Waals surface area contributed by atoms with Gasteiger partial charge in [-0.25, -0.2) is 0 Å². The van der Waals surface area contributed by atoms with E-state index >= 15 is 0 Å². The highest BCUT2D eigenvalue weighted by Gasteiger charge is 2.24. The highest BCUT2D eigenvalue weighted by molar-refractivity contribution is 5.91. The van der Waals surface area contributed by atoms with E-state index in [1.807, 2.05) is 0 Å². The van der Waals surface area contributed by atoms with E-state index in [0.717, 1.165) is 24.3 Å². The zero-order chi connectivity index (χ0) is 14.3. The second-order valence-electron chi connectivity index (χ2n) is 5.41. The molecule has 3 rings (SSSR count). The average molecular weight is 275 g/mol. The summed E-state index contributed by atoms with van der Waals surface area (Å²) in [5.41, 5.74) is 0.780. The number of nitro groups is 1. The zero-order valence-electron chi connectivity index (χ0n) is 11.5. The van der Waals surface area contributed by atoms with Gasteiger partial charge in [-0.2, -0.15) is 5.10 Å². The Morgan fingerprint density at radius 3 is 2.70 bits per heavy atom. The molecule has 0 spiro atoms. The summed E-state index contributed by atoms with van der Waals surface area (Å²) in [6, 6.07) is 5.60. The van der Waals surface area contributed by atoms with E-state index in [9.17, 15) is 10.1 Å². The van der Waals surface area contributed by atoms with Gasteiger partial charge in [0.25, 0.3) is 5.69 Å². The summed E-state index contributed by atoms with van der Waals surface area (Å²) >= 11 is 0. The van der Waals surface area contributed by atoms with E-state index < -0.39 is 4.92 Å². The number of anilines is 1.